The van der Waals surface area contributed by atoms with E-state index in [0.29, 0.717) is 13.0 Å². The third-order valence-electron chi connectivity index (χ3n) is 1.11. The Morgan fingerprint density at radius 3 is 1.86 bits per heavy atom. The molecule has 72 valence electrons. The van der Waals surface area contributed by atoms with Crippen LogP contribution in [-0.2, 0) is 14.0 Å². The second-order valence-corrected chi connectivity index (χ2v) is 2.14. The molecular formula is C10H11BO3. The molecule has 0 heterocycles. The van der Waals surface area contributed by atoms with Crippen molar-refractivity contribution in [2.24, 2.45) is 0 Å². The van der Waals surface area contributed by atoms with E-state index in [4.69, 9.17) is 33.2 Å². The van der Waals surface area contributed by atoms with Crippen LogP contribution in [-0.4, -0.2) is 27.1 Å². The highest BCUT2D eigenvalue weighted by Gasteiger charge is 2.19. The smallest absolute Gasteiger partial charge is 0.385 e. The summed E-state index contributed by atoms with van der Waals surface area (Å²) in [7, 11) is -0.838. The van der Waals surface area contributed by atoms with Crippen LogP contribution in [0.3, 0.4) is 0 Å². The molecule has 0 saturated heterocycles. The zero-order valence-electron chi connectivity index (χ0n) is 7.86. The fourth-order valence-electron chi connectivity index (χ4n) is 0.591. The van der Waals surface area contributed by atoms with Crippen molar-refractivity contribution in [2.45, 2.75) is 6.42 Å². The lowest BCUT2D eigenvalue weighted by molar-refractivity contribution is 0.117. The molecule has 0 N–H and O–H groups in total. The molecule has 0 radical (unpaired) electrons. The summed E-state index contributed by atoms with van der Waals surface area (Å²) in [6, 6.07) is 0. The van der Waals surface area contributed by atoms with Crippen LogP contribution in [0.25, 0.3) is 0 Å². The summed E-state index contributed by atoms with van der Waals surface area (Å²) in [5, 5.41) is 0. The van der Waals surface area contributed by atoms with Gasteiger partial charge in [0.25, 0.3) is 0 Å². The molecule has 0 saturated carbocycles. The topological polar surface area (TPSA) is 27.7 Å². The Bertz CT molecular complexity index is 238. The van der Waals surface area contributed by atoms with Gasteiger partial charge in [-0.2, -0.15) is 0 Å². The number of rotatable bonds is 7. The minimum atomic E-state index is -0.838. The summed E-state index contributed by atoms with van der Waals surface area (Å²) in [5.41, 5.74) is 0. The predicted molar refractivity (Wildman–Crippen MR) is 54.7 cm³/mol. The molecule has 3 nitrogen and oxygen atoms in total. The molecule has 0 aromatic rings. The SMILES string of the molecule is C#CCCOB(OCC#C)OCC#C. The van der Waals surface area contributed by atoms with E-state index in [1.54, 1.807) is 0 Å². The normalized spacial score (nSPS) is 8.36. The maximum atomic E-state index is 5.11. The second-order valence-electron chi connectivity index (χ2n) is 2.14. The number of terminal acetylenes is 3. The average molecular weight is 190 g/mol. The molecule has 0 aliphatic rings. The van der Waals surface area contributed by atoms with E-state index in [-0.39, 0.29) is 13.2 Å². The highest BCUT2D eigenvalue weighted by molar-refractivity contribution is 6.36. The molecule has 0 spiro atoms. The molecule has 0 unspecified atom stereocenters. The summed E-state index contributed by atoms with van der Waals surface area (Å²) >= 11 is 0. The van der Waals surface area contributed by atoms with Gasteiger partial charge < -0.3 is 14.0 Å². The van der Waals surface area contributed by atoms with Crippen LogP contribution in [0.2, 0.25) is 0 Å². The quantitative estimate of drug-likeness (QED) is 0.328. The summed E-state index contributed by atoms with van der Waals surface area (Å²) in [6.45, 7) is 0.549. The largest absolute Gasteiger partial charge is 0.640 e. The molecular weight excluding hydrogens is 179 g/mol. The van der Waals surface area contributed by atoms with E-state index in [9.17, 15) is 0 Å². The number of hydrogen-bond acceptors (Lipinski definition) is 3. The van der Waals surface area contributed by atoms with Crippen LogP contribution in [0.5, 0.6) is 0 Å². The van der Waals surface area contributed by atoms with Crippen LogP contribution in [0.15, 0.2) is 0 Å². The highest BCUT2D eigenvalue weighted by Crippen LogP contribution is 1.93. The van der Waals surface area contributed by atoms with Crippen molar-refractivity contribution in [1.29, 1.82) is 0 Å². The fraction of sp³-hybridized carbons (Fsp3) is 0.400. The van der Waals surface area contributed by atoms with Crippen LogP contribution in [0.1, 0.15) is 6.42 Å². The Morgan fingerprint density at radius 2 is 1.43 bits per heavy atom. The molecule has 0 aromatic carbocycles. The van der Waals surface area contributed by atoms with Crippen molar-refractivity contribution >= 4 is 7.32 Å². The van der Waals surface area contributed by atoms with Gasteiger partial charge in [-0.25, -0.2) is 0 Å². The molecule has 4 heteroatoms. The maximum Gasteiger partial charge on any atom is 0.640 e. The molecule has 0 aliphatic carbocycles. The Labute approximate surface area is 85.3 Å². The zero-order chi connectivity index (χ0) is 10.6. The van der Waals surface area contributed by atoms with Crippen LogP contribution >= 0.6 is 0 Å². The summed E-state index contributed by atoms with van der Waals surface area (Å²) in [4.78, 5) is 0. The van der Waals surface area contributed by atoms with Crippen molar-refractivity contribution in [2.75, 3.05) is 19.8 Å². The van der Waals surface area contributed by atoms with Crippen molar-refractivity contribution in [3.05, 3.63) is 0 Å². The Balaban J connectivity index is 3.69. The first-order chi connectivity index (χ1) is 6.85. The Morgan fingerprint density at radius 1 is 0.857 bits per heavy atom. The van der Waals surface area contributed by atoms with Crippen LogP contribution < -0.4 is 0 Å². The maximum absolute atomic E-state index is 5.11. The van der Waals surface area contributed by atoms with Crippen molar-refractivity contribution in [3.63, 3.8) is 0 Å². The molecule has 0 atom stereocenters. The van der Waals surface area contributed by atoms with E-state index in [1.807, 2.05) is 0 Å². The fourth-order valence-corrected chi connectivity index (χ4v) is 0.591. The lowest BCUT2D eigenvalue weighted by atomic mass is 10.2. The minimum Gasteiger partial charge on any atom is -0.385 e. The van der Waals surface area contributed by atoms with E-state index in [0.717, 1.165) is 0 Å². The minimum absolute atomic E-state index is 0.102. The first kappa shape index (κ1) is 12.6. The second kappa shape index (κ2) is 9.71. The van der Waals surface area contributed by atoms with Gasteiger partial charge >= 0.3 is 7.32 Å². The van der Waals surface area contributed by atoms with E-state index < -0.39 is 7.32 Å². The van der Waals surface area contributed by atoms with Crippen molar-refractivity contribution in [1.82, 2.24) is 0 Å². The van der Waals surface area contributed by atoms with Crippen LogP contribution in [0.4, 0.5) is 0 Å². The Hall–Kier alpha value is -1.38. The first-order valence-electron chi connectivity index (χ1n) is 4.00. The van der Waals surface area contributed by atoms with Gasteiger partial charge in [-0.3, -0.25) is 0 Å². The summed E-state index contributed by atoms with van der Waals surface area (Å²) < 4.78 is 15.1. The van der Waals surface area contributed by atoms with Crippen LogP contribution in [0, 0.1) is 37.0 Å². The third kappa shape index (κ3) is 7.28. The molecule has 0 aliphatic heterocycles. The molecule has 0 amide bonds. The van der Waals surface area contributed by atoms with E-state index >= 15 is 0 Å². The molecule has 14 heavy (non-hydrogen) atoms. The number of hydrogen-bond donors (Lipinski definition) is 0. The van der Waals surface area contributed by atoms with Gasteiger partial charge in [0.15, 0.2) is 0 Å². The highest BCUT2D eigenvalue weighted by atomic mass is 16.7. The lowest BCUT2D eigenvalue weighted by Gasteiger charge is -2.10. The predicted octanol–water partition coefficient (Wildman–Crippen LogP) is 0.311. The first-order valence-corrected chi connectivity index (χ1v) is 4.00. The summed E-state index contributed by atoms with van der Waals surface area (Å²) in [6.07, 6.45) is 15.5. The van der Waals surface area contributed by atoms with E-state index in [1.165, 1.54) is 0 Å². The van der Waals surface area contributed by atoms with Crippen molar-refractivity contribution in [3.8, 4) is 37.0 Å². The van der Waals surface area contributed by atoms with Gasteiger partial charge in [0.1, 0.15) is 0 Å². The van der Waals surface area contributed by atoms with Gasteiger partial charge in [0, 0.05) is 13.0 Å². The van der Waals surface area contributed by atoms with Gasteiger partial charge in [0.2, 0.25) is 0 Å². The van der Waals surface area contributed by atoms with Gasteiger partial charge in [-0.05, 0) is 0 Å². The van der Waals surface area contributed by atoms with Crippen molar-refractivity contribution < 1.29 is 14.0 Å². The van der Waals surface area contributed by atoms with Gasteiger partial charge in [-0.15, -0.1) is 25.2 Å². The average Bonchev–Trinajstić information content (AvgIpc) is 2.21. The summed E-state index contributed by atoms with van der Waals surface area (Å²) in [5.74, 6) is 7.00. The molecule has 0 rings (SSSR count). The lowest BCUT2D eigenvalue weighted by Crippen LogP contribution is -2.28. The zero-order valence-corrected chi connectivity index (χ0v) is 7.86. The molecule has 0 bridgehead atoms. The van der Waals surface area contributed by atoms with E-state index in [2.05, 4.69) is 17.8 Å². The molecule has 0 aromatic heterocycles. The Kier molecular flexibility index (Phi) is 8.76. The molecule has 0 fully saturated rings. The third-order valence-corrected chi connectivity index (χ3v) is 1.11. The van der Waals surface area contributed by atoms with Gasteiger partial charge in [0.05, 0.1) is 13.2 Å². The van der Waals surface area contributed by atoms with Gasteiger partial charge in [-0.1, -0.05) is 11.8 Å². The monoisotopic (exact) mass is 190 g/mol. The standard InChI is InChI=1S/C10H11BO3/c1-4-7-10-14-11(12-8-5-2)13-9-6-3/h1-3H,7-10H2.